The Bertz CT molecular complexity index is 743. The number of benzene rings is 1. The van der Waals surface area contributed by atoms with E-state index in [9.17, 15) is 4.79 Å². The second-order valence-corrected chi connectivity index (χ2v) is 5.73. The maximum Gasteiger partial charge on any atom is 0.324 e. The lowest BCUT2D eigenvalue weighted by atomic mass is 10.0. The molecule has 0 unspecified atom stereocenters. The van der Waals surface area contributed by atoms with Crippen LogP contribution >= 0.6 is 0 Å². The van der Waals surface area contributed by atoms with Gasteiger partial charge in [-0.3, -0.25) is 5.32 Å². The number of carbonyl (C=O) groups excluding carboxylic acids is 1. The minimum absolute atomic E-state index is 0.0218. The van der Waals surface area contributed by atoms with Gasteiger partial charge in [0.2, 0.25) is 12.7 Å². The van der Waals surface area contributed by atoms with Gasteiger partial charge >= 0.3 is 6.03 Å². The number of urea groups is 1. The van der Waals surface area contributed by atoms with Crippen LogP contribution in [0.2, 0.25) is 0 Å². The third-order valence-electron chi connectivity index (χ3n) is 4.15. The summed E-state index contributed by atoms with van der Waals surface area (Å²) >= 11 is 0. The van der Waals surface area contributed by atoms with Gasteiger partial charge in [0, 0.05) is 12.6 Å². The summed E-state index contributed by atoms with van der Waals surface area (Å²) in [5.74, 6) is 1.85. The lowest BCUT2D eigenvalue weighted by Gasteiger charge is -2.24. The van der Waals surface area contributed by atoms with Crippen molar-refractivity contribution in [2.45, 2.75) is 25.8 Å². The molecule has 4 rings (SSSR count). The van der Waals surface area contributed by atoms with Gasteiger partial charge in [-0.05, 0) is 37.5 Å². The lowest BCUT2D eigenvalue weighted by Crippen LogP contribution is -2.34. The maximum atomic E-state index is 12.5. The highest BCUT2D eigenvalue weighted by atomic mass is 16.7. The Morgan fingerprint density at radius 3 is 3.00 bits per heavy atom. The lowest BCUT2D eigenvalue weighted by molar-refractivity contribution is 0.173. The van der Waals surface area contributed by atoms with Crippen LogP contribution in [0.4, 0.5) is 10.7 Å². The number of ether oxygens (including phenoxy) is 2. The number of hydrogen-bond donors (Lipinski definition) is 1. The van der Waals surface area contributed by atoms with Crippen molar-refractivity contribution < 1.29 is 18.8 Å². The molecular weight excluding hydrogens is 298 g/mol. The van der Waals surface area contributed by atoms with Crippen molar-refractivity contribution in [3.63, 3.8) is 0 Å². The van der Waals surface area contributed by atoms with Crippen LogP contribution in [0.3, 0.4) is 0 Å². The van der Waals surface area contributed by atoms with E-state index < -0.39 is 0 Å². The van der Waals surface area contributed by atoms with Crippen LogP contribution in [-0.4, -0.2) is 29.4 Å². The van der Waals surface area contributed by atoms with E-state index in [-0.39, 0.29) is 18.9 Å². The number of amides is 2. The summed E-state index contributed by atoms with van der Waals surface area (Å²) < 4.78 is 15.8. The van der Waals surface area contributed by atoms with Crippen LogP contribution in [0.15, 0.2) is 28.8 Å². The van der Waals surface area contributed by atoms with Crippen molar-refractivity contribution in [3.8, 4) is 11.5 Å². The fraction of sp³-hybridized carbons (Fsp3) is 0.375. The van der Waals surface area contributed by atoms with Crippen LogP contribution in [-0.2, 0) is 0 Å². The van der Waals surface area contributed by atoms with Crippen LogP contribution in [0.5, 0.6) is 11.5 Å². The highest BCUT2D eigenvalue weighted by Gasteiger charge is 2.31. The summed E-state index contributed by atoms with van der Waals surface area (Å²) in [6.07, 6.45) is 1.88. The SMILES string of the molecule is Cc1cc(NC(=O)N2CCC[C@H]2c2ccc3c(c2)OCO3)on1. The number of likely N-dealkylation sites (tertiary alicyclic amines) is 1. The molecule has 2 amide bonds. The molecule has 1 N–H and O–H groups in total. The first kappa shape index (κ1) is 13.9. The Hall–Kier alpha value is -2.70. The van der Waals surface area contributed by atoms with E-state index in [4.69, 9.17) is 14.0 Å². The molecule has 23 heavy (non-hydrogen) atoms. The smallest absolute Gasteiger partial charge is 0.324 e. The zero-order chi connectivity index (χ0) is 15.8. The molecule has 7 nitrogen and oxygen atoms in total. The molecule has 120 valence electrons. The zero-order valence-electron chi connectivity index (χ0n) is 12.7. The summed E-state index contributed by atoms with van der Waals surface area (Å²) in [5.41, 5.74) is 1.78. The van der Waals surface area contributed by atoms with Gasteiger partial charge < -0.3 is 18.9 Å². The first-order chi connectivity index (χ1) is 11.2. The van der Waals surface area contributed by atoms with E-state index in [0.717, 1.165) is 35.6 Å². The first-order valence-corrected chi connectivity index (χ1v) is 7.61. The average molecular weight is 315 g/mol. The Morgan fingerprint density at radius 2 is 2.17 bits per heavy atom. The molecule has 2 aliphatic heterocycles. The Balaban J connectivity index is 1.53. The number of aromatic nitrogens is 1. The average Bonchev–Trinajstić information content (AvgIpc) is 3.25. The fourth-order valence-electron chi connectivity index (χ4n) is 3.08. The van der Waals surface area contributed by atoms with Crippen molar-refractivity contribution in [3.05, 3.63) is 35.5 Å². The Kier molecular flexibility index (Phi) is 3.33. The molecule has 0 aliphatic carbocycles. The minimum Gasteiger partial charge on any atom is -0.454 e. The van der Waals surface area contributed by atoms with Crippen molar-refractivity contribution in [2.75, 3.05) is 18.7 Å². The number of anilines is 1. The van der Waals surface area contributed by atoms with E-state index in [1.54, 1.807) is 6.07 Å². The predicted molar refractivity (Wildman–Crippen MR) is 81.5 cm³/mol. The van der Waals surface area contributed by atoms with Gasteiger partial charge in [0.25, 0.3) is 0 Å². The summed E-state index contributed by atoms with van der Waals surface area (Å²) in [5, 5.41) is 6.53. The van der Waals surface area contributed by atoms with Gasteiger partial charge in [-0.2, -0.15) is 0 Å². The largest absolute Gasteiger partial charge is 0.454 e. The quantitative estimate of drug-likeness (QED) is 0.921. The first-order valence-electron chi connectivity index (χ1n) is 7.61. The maximum absolute atomic E-state index is 12.5. The molecule has 1 fully saturated rings. The van der Waals surface area contributed by atoms with Crippen LogP contribution in [0, 0.1) is 6.92 Å². The van der Waals surface area contributed by atoms with E-state index in [0.29, 0.717) is 12.4 Å². The molecule has 0 saturated carbocycles. The normalized spacial score (nSPS) is 19.2. The Labute approximate surface area is 133 Å². The van der Waals surface area contributed by atoms with E-state index in [1.165, 1.54) is 0 Å². The molecule has 7 heteroatoms. The molecule has 2 aliphatic rings. The highest BCUT2D eigenvalue weighted by Crippen LogP contribution is 2.39. The van der Waals surface area contributed by atoms with E-state index in [2.05, 4.69) is 10.5 Å². The minimum atomic E-state index is -0.179. The second-order valence-electron chi connectivity index (χ2n) is 5.73. The van der Waals surface area contributed by atoms with Crippen LogP contribution in [0.25, 0.3) is 0 Å². The molecule has 3 heterocycles. The number of nitrogens with zero attached hydrogens (tertiary/aromatic N) is 2. The van der Waals surface area contributed by atoms with Crippen molar-refractivity contribution in [2.24, 2.45) is 0 Å². The van der Waals surface area contributed by atoms with Gasteiger partial charge in [0.1, 0.15) is 0 Å². The van der Waals surface area contributed by atoms with Crippen molar-refractivity contribution >= 4 is 11.9 Å². The Morgan fingerprint density at radius 1 is 1.30 bits per heavy atom. The molecule has 2 aromatic rings. The van der Waals surface area contributed by atoms with Gasteiger partial charge in [-0.15, -0.1) is 0 Å². The molecule has 0 spiro atoms. The number of rotatable bonds is 2. The molecule has 1 aromatic heterocycles. The highest BCUT2D eigenvalue weighted by molar-refractivity contribution is 5.88. The van der Waals surface area contributed by atoms with E-state index in [1.807, 2.05) is 30.0 Å². The van der Waals surface area contributed by atoms with Crippen LogP contribution in [0.1, 0.15) is 30.1 Å². The third-order valence-corrected chi connectivity index (χ3v) is 4.15. The number of fused-ring (bicyclic) bond motifs is 1. The van der Waals surface area contributed by atoms with E-state index >= 15 is 0 Å². The molecule has 1 saturated heterocycles. The standard InChI is InChI=1S/C16H17N3O4/c1-10-7-15(23-18-10)17-16(20)19-6-2-3-12(19)11-4-5-13-14(8-11)22-9-21-13/h4-5,7-8,12H,2-3,6,9H2,1H3,(H,17,20)/t12-/m0/s1. The molecule has 1 aromatic carbocycles. The molecular formula is C16H17N3O4. The second kappa shape index (κ2) is 5.49. The monoisotopic (exact) mass is 315 g/mol. The number of aryl methyl sites for hydroxylation is 1. The number of hydrogen-bond acceptors (Lipinski definition) is 5. The van der Waals surface area contributed by atoms with Gasteiger partial charge in [0.15, 0.2) is 11.5 Å². The summed E-state index contributed by atoms with van der Waals surface area (Å²) in [7, 11) is 0. The third kappa shape index (κ3) is 2.58. The topological polar surface area (TPSA) is 76.8 Å². The molecule has 0 bridgehead atoms. The fourth-order valence-corrected chi connectivity index (χ4v) is 3.08. The zero-order valence-corrected chi connectivity index (χ0v) is 12.7. The summed E-state index contributed by atoms with van der Waals surface area (Å²) in [6.45, 7) is 2.76. The molecule has 0 radical (unpaired) electrons. The summed E-state index contributed by atoms with van der Waals surface area (Å²) in [4.78, 5) is 14.3. The van der Waals surface area contributed by atoms with Gasteiger partial charge in [0.05, 0.1) is 11.7 Å². The van der Waals surface area contributed by atoms with Crippen molar-refractivity contribution in [1.82, 2.24) is 10.1 Å². The molecule has 1 atom stereocenters. The number of nitrogens with one attached hydrogen (secondary N) is 1. The van der Waals surface area contributed by atoms with Gasteiger partial charge in [-0.1, -0.05) is 11.2 Å². The summed E-state index contributed by atoms with van der Waals surface area (Å²) in [6, 6.07) is 7.38. The number of carbonyl (C=O) groups is 1. The predicted octanol–water partition coefficient (Wildman–Crippen LogP) is 3.08. The van der Waals surface area contributed by atoms with Crippen LogP contribution < -0.4 is 14.8 Å². The van der Waals surface area contributed by atoms with Gasteiger partial charge in [-0.25, -0.2) is 4.79 Å². The van der Waals surface area contributed by atoms with Crippen molar-refractivity contribution in [1.29, 1.82) is 0 Å².